The van der Waals surface area contributed by atoms with Crippen molar-refractivity contribution in [2.45, 2.75) is 4.90 Å². The SMILES string of the molecule is NC(N)=NS(=O)(=O)c1ccc(N)c2cccnc12. The number of benzene rings is 1. The molecule has 2 rings (SSSR count). The van der Waals surface area contributed by atoms with Crippen molar-refractivity contribution < 1.29 is 8.42 Å². The van der Waals surface area contributed by atoms with Crippen LogP contribution < -0.4 is 17.2 Å². The topological polar surface area (TPSA) is 137 Å². The Kier molecular flexibility index (Phi) is 2.79. The largest absolute Gasteiger partial charge is 0.398 e. The van der Waals surface area contributed by atoms with Crippen LogP contribution in [0.1, 0.15) is 0 Å². The molecular weight excluding hydrogens is 254 g/mol. The van der Waals surface area contributed by atoms with Crippen molar-refractivity contribution in [3.8, 4) is 0 Å². The molecule has 18 heavy (non-hydrogen) atoms. The van der Waals surface area contributed by atoms with Crippen LogP contribution in [0.4, 0.5) is 5.69 Å². The lowest BCUT2D eigenvalue weighted by Crippen LogP contribution is -2.24. The number of anilines is 1. The Morgan fingerprint density at radius 1 is 1.22 bits per heavy atom. The molecule has 0 saturated carbocycles. The highest BCUT2D eigenvalue weighted by Crippen LogP contribution is 2.26. The average molecular weight is 265 g/mol. The van der Waals surface area contributed by atoms with Crippen LogP contribution >= 0.6 is 0 Å². The molecule has 0 atom stereocenters. The van der Waals surface area contributed by atoms with Gasteiger partial charge in [0.1, 0.15) is 4.90 Å². The molecule has 0 unspecified atom stereocenters. The lowest BCUT2D eigenvalue weighted by Gasteiger charge is -2.06. The van der Waals surface area contributed by atoms with Gasteiger partial charge in [0, 0.05) is 17.3 Å². The van der Waals surface area contributed by atoms with E-state index < -0.39 is 16.0 Å². The van der Waals surface area contributed by atoms with E-state index in [1.807, 2.05) is 0 Å². The van der Waals surface area contributed by atoms with Gasteiger partial charge in [-0.1, -0.05) is 0 Å². The highest BCUT2D eigenvalue weighted by Gasteiger charge is 2.18. The Morgan fingerprint density at radius 2 is 1.94 bits per heavy atom. The van der Waals surface area contributed by atoms with Crippen LogP contribution in [0, 0.1) is 0 Å². The van der Waals surface area contributed by atoms with E-state index in [1.165, 1.54) is 18.3 Å². The minimum Gasteiger partial charge on any atom is -0.398 e. The number of hydrogen-bond acceptors (Lipinski definition) is 4. The van der Waals surface area contributed by atoms with Gasteiger partial charge in [-0.2, -0.15) is 8.42 Å². The van der Waals surface area contributed by atoms with Crippen molar-refractivity contribution in [2.24, 2.45) is 15.9 Å². The first kappa shape index (κ1) is 12.1. The summed E-state index contributed by atoms with van der Waals surface area (Å²) in [6.45, 7) is 0. The predicted molar refractivity (Wildman–Crippen MR) is 69.2 cm³/mol. The first-order valence-corrected chi connectivity index (χ1v) is 6.35. The van der Waals surface area contributed by atoms with Gasteiger partial charge >= 0.3 is 0 Å². The minimum absolute atomic E-state index is 0.0827. The molecule has 0 radical (unpaired) electrons. The quantitative estimate of drug-likeness (QED) is 0.390. The van der Waals surface area contributed by atoms with E-state index >= 15 is 0 Å². The van der Waals surface area contributed by atoms with Gasteiger partial charge in [-0.15, -0.1) is 4.40 Å². The minimum atomic E-state index is -3.98. The second-order valence-corrected chi connectivity index (χ2v) is 5.12. The van der Waals surface area contributed by atoms with Crippen molar-refractivity contribution >= 4 is 32.6 Å². The summed E-state index contributed by atoms with van der Waals surface area (Å²) >= 11 is 0. The van der Waals surface area contributed by atoms with Crippen LogP contribution in [-0.2, 0) is 10.0 Å². The van der Waals surface area contributed by atoms with Gasteiger partial charge in [0.25, 0.3) is 10.0 Å². The number of pyridine rings is 1. The molecule has 6 N–H and O–H groups in total. The van der Waals surface area contributed by atoms with Gasteiger partial charge < -0.3 is 17.2 Å². The predicted octanol–water partition coefficient (Wildman–Crippen LogP) is -0.221. The molecule has 1 heterocycles. The maximum absolute atomic E-state index is 11.9. The van der Waals surface area contributed by atoms with Crippen LogP contribution in [0.15, 0.2) is 39.8 Å². The van der Waals surface area contributed by atoms with E-state index in [0.717, 1.165) is 0 Å². The fourth-order valence-electron chi connectivity index (χ4n) is 1.56. The molecule has 1 aromatic heterocycles. The van der Waals surface area contributed by atoms with Crippen LogP contribution in [0.25, 0.3) is 10.9 Å². The molecule has 0 aliphatic rings. The molecule has 0 aliphatic carbocycles. The molecule has 2 aromatic rings. The molecule has 0 bridgehead atoms. The van der Waals surface area contributed by atoms with Crippen molar-refractivity contribution in [2.75, 3.05) is 5.73 Å². The molecule has 0 fully saturated rings. The van der Waals surface area contributed by atoms with Crippen molar-refractivity contribution in [1.82, 2.24) is 4.98 Å². The summed E-state index contributed by atoms with van der Waals surface area (Å²) in [6, 6.07) is 6.13. The number of fused-ring (bicyclic) bond motifs is 1. The zero-order valence-electron chi connectivity index (χ0n) is 9.24. The van der Waals surface area contributed by atoms with E-state index in [-0.39, 0.29) is 10.4 Å². The molecule has 7 nitrogen and oxygen atoms in total. The summed E-state index contributed by atoms with van der Waals surface area (Å²) < 4.78 is 27.1. The van der Waals surface area contributed by atoms with Crippen LogP contribution in [0.2, 0.25) is 0 Å². The zero-order valence-corrected chi connectivity index (χ0v) is 10.1. The molecule has 0 amide bonds. The number of nitrogen functional groups attached to an aromatic ring is 1. The normalized spacial score (nSPS) is 11.3. The second-order valence-electron chi connectivity index (χ2n) is 3.54. The first-order valence-electron chi connectivity index (χ1n) is 4.91. The van der Waals surface area contributed by atoms with Gasteiger partial charge in [-0.05, 0) is 24.3 Å². The Bertz CT molecular complexity index is 735. The lowest BCUT2D eigenvalue weighted by atomic mass is 10.2. The maximum atomic E-state index is 11.9. The molecular formula is C10H11N5O2S. The molecule has 8 heteroatoms. The highest BCUT2D eigenvalue weighted by atomic mass is 32.2. The van der Waals surface area contributed by atoms with Crippen LogP contribution in [-0.4, -0.2) is 19.4 Å². The summed E-state index contributed by atoms with van der Waals surface area (Å²) in [6.07, 6.45) is 1.47. The number of aromatic nitrogens is 1. The Balaban J connectivity index is 2.82. The van der Waals surface area contributed by atoms with E-state index in [2.05, 4.69) is 9.38 Å². The number of hydrogen-bond donors (Lipinski definition) is 3. The Hall–Kier alpha value is -2.35. The van der Waals surface area contributed by atoms with Gasteiger partial charge in [-0.3, -0.25) is 4.98 Å². The molecule has 1 aromatic carbocycles. The number of nitrogens with two attached hydrogens (primary N) is 3. The second kappa shape index (κ2) is 4.15. The maximum Gasteiger partial charge on any atom is 0.287 e. The third-order valence-electron chi connectivity index (χ3n) is 2.27. The average Bonchev–Trinajstić information content (AvgIpc) is 2.27. The molecule has 0 spiro atoms. The fourth-order valence-corrected chi connectivity index (χ4v) is 2.59. The molecule has 0 saturated heterocycles. The molecule has 0 aliphatic heterocycles. The number of rotatable bonds is 2. The number of sulfonamides is 1. The standard InChI is InChI=1S/C10H11N5O2S/c11-7-3-4-8(18(16,17)15-10(12)13)9-6(7)2-1-5-14-9/h1-5H,11H2,(H4,12,13,15). The number of nitrogens with zero attached hydrogens (tertiary/aromatic N) is 2. The summed E-state index contributed by atoms with van der Waals surface area (Å²) in [4.78, 5) is 3.92. The van der Waals surface area contributed by atoms with E-state index in [4.69, 9.17) is 17.2 Å². The van der Waals surface area contributed by atoms with Crippen LogP contribution in [0.3, 0.4) is 0 Å². The summed E-state index contributed by atoms with van der Waals surface area (Å²) in [5.41, 5.74) is 16.6. The fraction of sp³-hybridized carbons (Fsp3) is 0. The van der Waals surface area contributed by atoms with Gasteiger partial charge in [0.05, 0.1) is 5.52 Å². The third kappa shape index (κ3) is 2.05. The smallest absolute Gasteiger partial charge is 0.287 e. The zero-order chi connectivity index (χ0) is 13.3. The van der Waals surface area contributed by atoms with E-state index in [1.54, 1.807) is 12.1 Å². The first-order chi connectivity index (χ1) is 8.42. The third-order valence-corrected chi connectivity index (χ3v) is 3.61. The highest BCUT2D eigenvalue weighted by molar-refractivity contribution is 7.90. The van der Waals surface area contributed by atoms with Crippen molar-refractivity contribution in [3.05, 3.63) is 30.5 Å². The van der Waals surface area contributed by atoms with E-state index in [0.29, 0.717) is 11.1 Å². The summed E-state index contributed by atoms with van der Waals surface area (Å²) in [7, 11) is -3.98. The Morgan fingerprint density at radius 3 is 2.61 bits per heavy atom. The van der Waals surface area contributed by atoms with Crippen molar-refractivity contribution in [3.63, 3.8) is 0 Å². The van der Waals surface area contributed by atoms with Gasteiger partial charge in [0.15, 0.2) is 0 Å². The summed E-state index contributed by atoms with van der Waals surface area (Å²) in [5, 5.41) is 0.532. The van der Waals surface area contributed by atoms with E-state index in [9.17, 15) is 8.42 Å². The van der Waals surface area contributed by atoms with Gasteiger partial charge in [0.2, 0.25) is 5.96 Å². The molecule has 94 valence electrons. The Labute approximate surface area is 103 Å². The monoisotopic (exact) mass is 265 g/mol. The summed E-state index contributed by atoms with van der Waals surface area (Å²) in [5.74, 6) is -0.532. The number of guanidine groups is 1. The van der Waals surface area contributed by atoms with Crippen LogP contribution in [0.5, 0.6) is 0 Å². The van der Waals surface area contributed by atoms with Crippen molar-refractivity contribution in [1.29, 1.82) is 0 Å². The lowest BCUT2D eigenvalue weighted by molar-refractivity contribution is 0.598. The van der Waals surface area contributed by atoms with Gasteiger partial charge in [-0.25, -0.2) is 0 Å².